The third kappa shape index (κ3) is 3.60. The molecule has 0 saturated carbocycles. The zero-order valence-electron chi connectivity index (χ0n) is 12.8. The van der Waals surface area contributed by atoms with Gasteiger partial charge in [-0.15, -0.1) is 11.3 Å². The maximum atomic E-state index is 12.7. The van der Waals surface area contributed by atoms with Crippen molar-refractivity contribution in [1.82, 2.24) is 14.8 Å². The molecular weight excluding hydrogens is 332 g/mol. The molecule has 23 heavy (non-hydrogen) atoms. The molecule has 0 aliphatic carbocycles. The summed E-state index contributed by atoms with van der Waals surface area (Å²) in [6, 6.07) is 2.01. The van der Waals surface area contributed by atoms with Crippen molar-refractivity contribution in [2.24, 2.45) is 5.73 Å². The van der Waals surface area contributed by atoms with Gasteiger partial charge in [-0.3, -0.25) is 14.5 Å². The lowest BCUT2D eigenvalue weighted by Crippen LogP contribution is -2.50. The van der Waals surface area contributed by atoms with Gasteiger partial charge in [0.25, 0.3) is 5.91 Å². The highest BCUT2D eigenvalue weighted by Crippen LogP contribution is 2.30. The SMILES string of the molecule is Cc1nc(-c2ccsc2)sc1C(=O)N1CCN(CC(N)=O)CC1. The molecule has 3 heterocycles. The van der Waals surface area contributed by atoms with E-state index >= 15 is 0 Å². The van der Waals surface area contributed by atoms with Gasteiger partial charge in [0.2, 0.25) is 5.91 Å². The first kappa shape index (κ1) is 16.1. The summed E-state index contributed by atoms with van der Waals surface area (Å²) in [5.74, 6) is -0.302. The Balaban J connectivity index is 1.68. The van der Waals surface area contributed by atoms with Crippen LogP contribution in [-0.4, -0.2) is 59.3 Å². The number of rotatable bonds is 4. The maximum absolute atomic E-state index is 12.7. The van der Waals surface area contributed by atoms with Crippen molar-refractivity contribution in [3.63, 3.8) is 0 Å². The molecule has 2 aromatic heterocycles. The first-order valence-corrected chi connectivity index (χ1v) is 9.10. The van der Waals surface area contributed by atoms with Crippen molar-refractivity contribution in [2.75, 3.05) is 32.7 Å². The topological polar surface area (TPSA) is 79.5 Å². The van der Waals surface area contributed by atoms with E-state index in [9.17, 15) is 9.59 Å². The number of thiophene rings is 1. The fourth-order valence-corrected chi connectivity index (χ4v) is 4.32. The van der Waals surface area contributed by atoms with Gasteiger partial charge in [-0.2, -0.15) is 11.3 Å². The van der Waals surface area contributed by atoms with Gasteiger partial charge < -0.3 is 10.6 Å². The van der Waals surface area contributed by atoms with Crippen molar-refractivity contribution in [1.29, 1.82) is 0 Å². The number of carbonyl (C=O) groups excluding carboxylic acids is 2. The largest absolute Gasteiger partial charge is 0.369 e. The molecule has 122 valence electrons. The van der Waals surface area contributed by atoms with E-state index in [0.29, 0.717) is 31.1 Å². The third-order valence-corrected chi connectivity index (χ3v) is 5.68. The van der Waals surface area contributed by atoms with E-state index in [0.717, 1.165) is 16.3 Å². The second-order valence-corrected chi connectivity index (χ2v) is 7.26. The Morgan fingerprint density at radius 1 is 1.30 bits per heavy atom. The van der Waals surface area contributed by atoms with Crippen molar-refractivity contribution in [3.8, 4) is 10.6 Å². The van der Waals surface area contributed by atoms with Crippen LogP contribution < -0.4 is 5.73 Å². The van der Waals surface area contributed by atoms with Gasteiger partial charge in [-0.25, -0.2) is 4.98 Å². The number of hydrogen-bond acceptors (Lipinski definition) is 6. The Kier molecular flexibility index (Phi) is 4.74. The lowest BCUT2D eigenvalue weighted by atomic mass is 10.2. The number of aryl methyl sites for hydroxylation is 1. The second-order valence-electron chi connectivity index (χ2n) is 5.48. The van der Waals surface area contributed by atoms with E-state index in [1.165, 1.54) is 11.3 Å². The van der Waals surface area contributed by atoms with Crippen molar-refractivity contribution in [2.45, 2.75) is 6.92 Å². The van der Waals surface area contributed by atoms with Crippen LogP contribution in [0.2, 0.25) is 0 Å². The summed E-state index contributed by atoms with van der Waals surface area (Å²) >= 11 is 3.07. The summed E-state index contributed by atoms with van der Waals surface area (Å²) < 4.78 is 0. The van der Waals surface area contributed by atoms with E-state index < -0.39 is 0 Å². The van der Waals surface area contributed by atoms with Gasteiger partial charge in [0.15, 0.2) is 0 Å². The summed E-state index contributed by atoms with van der Waals surface area (Å²) in [6.07, 6.45) is 0. The minimum atomic E-state index is -0.330. The number of amides is 2. The predicted molar refractivity (Wildman–Crippen MR) is 91.7 cm³/mol. The molecule has 1 saturated heterocycles. The minimum Gasteiger partial charge on any atom is -0.369 e. The Hall–Kier alpha value is -1.77. The van der Waals surface area contributed by atoms with E-state index in [1.54, 1.807) is 11.3 Å². The van der Waals surface area contributed by atoms with Gasteiger partial charge in [-0.1, -0.05) is 0 Å². The lowest BCUT2D eigenvalue weighted by molar-refractivity contribution is -0.119. The van der Waals surface area contributed by atoms with Gasteiger partial charge >= 0.3 is 0 Å². The summed E-state index contributed by atoms with van der Waals surface area (Å²) in [6.45, 7) is 4.69. The Labute approximate surface area is 142 Å². The number of nitrogens with two attached hydrogens (primary N) is 1. The van der Waals surface area contributed by atoms with Crippen LogP contribution >= 0.6 is 22.7 Å². The van der Waals surface area contributed by atoms with Crippen LogP contribution in [0.25, 0.3) is 10.6 Å². The molecule has 1 fully saturated rings. The fraction of sp³-hybridized carbons (Fsp3) is 0.400. The second kappa shape index (κ2) is 6.77. The molecule has 1 aliphatic rings. The number of aromatic nitrogens is 1. The molecule has 0 unspecified atom stereocenters. The highest BCUT2D eigenvalue weighted by Gasteiger charge is 2.26. The molecular formula is C15H18N4O2S2. The van der Waals surface area contributed by atoms with Crippen LogP contribution in [0, 0.1) is 6.92 Å². The fourth-order valence-electron chi connectivity index (χ4n) is 2.58. The molecule has 0 aromatic carbocycles. The first-order valence-electron chi connectivity index (χ1n) is 7.34. The molecule has 8 heteroatoms. The number of piperazine rings is 1. The molecule has 2 amide bonds. The Morgan fingerprint density at radius 3 is 2.65 bits per heavy atom. The van der Waals surface area contributed by atoms with Crippen molar-refractivity contribution < 1.29 is 9.59 Å². The normalized spacial score (nSPS) is 15.8. The number of nitrogens with zero attached hydrogens (tertiary/aromatic N) is 3. The maximum Gasteiger partial charge on any atom is 0.265 e. The van der Waals surface area contributed by atoms with Crippen LogP contribution in [0.4, 0.5) is 0 Å². The number of thiazole rings is 1. The van der Waals surface area contributed by atoms with E-state index in [2.05, 4.69) is 4.98 Å². The van der Waals surface area contributed by atoms with Gasteiger partial charge in [0.05, 0.1) is 12.2 Å². The molecule has 1 aliphatic heterocycles. The Bertz CT molecular complexity index is 703. The Morgan fingerprint density at radius 2 is 2.04 bits per heavy atom. The predicted octanol–water partition coefficient (Wildman–Crippen LogP) is 1.42. The number of carbonyl (C=O) groups is 2. The van der Waals surface area contributed by atoms with Crippen LogP contribution in [-0.2, 0) is 4.79 Å². The lowest BCUT2D eigenvalue weighted by Gasteiger charge is -2.33. The standard InChI is InChI=1S/C15H18N4O2S2/c1-10-13(23-14(17-10)11-2-7-22-9-11)15(21)19-5-3-18(4-6-19)8-12(16)20/h2,7,9H,3-6,8H2,1H3,(H2,16,20). The van der Waals surface area contributed by atoms with Crippen LogP contribution in [0.15, 0.2) is 16.8 Å². The summed E-state index contributed by atoms with van der Waals surface area (Å²) in [5, 5.41) is 4.93. The first-order chi connectivity index (χ1) is 11.0. The average molecular weight is 350 g/mol. The van der Waals surface area contributed by atoms with E-state index in [4.69, 9.17) is 5.73 Å². The number of hydrogen-bond donors (Lipinski definition) is 1. The molecule has 0 radical (unpaired) electrons. The minimum absolute atomic E-state index is 0.0280. The van der Waals surface area contributed by atoms with Gasteiger partial charge in [0.1, 0.15) is 9.88 Å². The van der Waals surface area contributed by atoms with Crippen LogP contribution in [0.1, 0.15) is 15.4 Å². The molecule has 2 N–H and O–H groups in total. The zero-order chi connectivity index (χ0) is 16.4. The highest BCUT2D eigenvalue weighted by atomic mass is 32.1. The summed E-state index contributed by atoms with van der Waals surface area (Å²) in [4.78, 5) is 32.7. The van der Waals surface area contributed by atoms with Crippen molar-refractivity contribution >= 4 is 34.5 Å². The van der Waals surface area contributed by atoms with Gasteiger partial charge in [0, 0.05) is 37.1 Å². The smallest absolute Gasteiger partial charge is 0.265 e. The monoisotopic (exact) mass is 350 g/mol. The molecule has 2 aromatic rings. The average Bonchev–Trinajstić information content (AvgIpc) is 3.16. The van der Waals surface area contributed by atoms with Gasteiger partial charge in [-0.05, 0) is 18.4 Å². The van der Waals surface area contributed by atoms with E-state index in [1.807, 2.05) is 33.6 Å². The quantitative estimate of drug-likeness (QED) is 0.904. The van der Waals surface area contributed by atoms with Crippen LogP contribution in [0.3, 0.4) is 0 Å². The third-order valence-electron chi connectivity index (χ3n) is 3.80. The summed E-state index contributed by atoms with van der Waals surface area (Å²) in [7, 11) is 0. The molecule has 6 nitrogen and oxygen atoms in total. The summed E-state index contributed by atoms with van der Waals surface area (Å²) in [5.41, 5.74) is 7.05. The zero-order valence-corrected chi connectivity index (χ0v) is 14.5. The van der Waals surface area contributed by atoms with E-state index in [-0.39, 0.29) is 18.4 Å². The number of primary amides is 1. The molecule has 3 rings (SSSR count). The molecule has 0 bridgehead atoms. The highest BCUT2D eigenvalue weighted by molar-refractivity contribution is 7.17. The van der Waals surface area contributed by atoms with Crippen molar-refractivity contribution in [3.05, 3.63) is 27.4 Å². The molecule has 0 spiro atoms. The van der Waals surface area contributed by atoms with Crippen LogP contribution in [0.5, 0.6) is 0 Å². The molecule has 0 atom stereocenters.